The van der Waals surface area contributed by atoms with Crippen LogP contribution in [-0.4, -0.2) is 23.7 Å². The van der Waals surface area contributed by atoms with Crippen LogP contribution in [0.2, 0.25) is 5.15 Å². The molecule has 0 bridgehead atoms. The molecule has 1 aromatic carbocycles. The van der Waals surface area contributed by atoms with Crippen molar-refractivity contribution in [2.24, 2.45) is 0 Å². The Morgan fingerprint density at radius 1 is 1.24 bits per heavy atom. The van der Waals surface area contributed by atoms with Gasteiger partial charge in [-0.1, -0.05) is 35.9 Å². The highest BCUT2D eigenvalue weighted by Crippen LogP contribution is 2.18. The summed E-state index contributed by atoms with van der Waals surface area (Å²) in [5.74, 6) is -0.378. The fraction of sp³-hybridized carbons (Fsp3) is 0.250. The van der Waals surface area contributed by atoms with E-state index in [4.69, 9.17) is 11.6 Å². The average molecular weight is 438 g/mol. The summed E-state index contributed by atoms with van der Waals surface area (Å²) in [5, 5.41) is 2.80. The van der Waals surface area contributed by atoms with Gasteiger partial charge in [0.2, 0.25) is 0 Å². The van der Waals surface area contributed by atoms with E-state index in [0.717, 1.165) is 5.56 Å². The summed E-state index contributed by atoms with van der Waals surface area (Å²) in [6, 6.07) is 8.25. The normalized spacial score (nSPS) is 11.4. The van der Waals surface area contributed by atoms with Crippen LogP contribution in [0.5, 0.6) is 0 Å². The largest absolute Gasteiger partial charge is 0.411 e. The van der Waals surface area contributed by atoms with Crippen molar-refractivity contribution in [2.45, 2.75) is 19.3 Å². The molecule has 0 aliphatic carbocycles. The summed E-state index contributed by atoms with van der Waals surface area (Å²) in [6.45, 7) is -1.18. The number of nitrogens with zero attached hydrogens (tertiary/aromatic N) is 1. The Morgan fingerprint density at radius 2 is 1.88 bits per heavy atom. The molecule has 1 amide bonds. The number of ether oxygens (including phenoxy) is 1. The fourth-order valence-corrected chi connectivity index (χ4v) is 2.42. The van der Waals surface area contributed by atoms with Crippen LogP contribution in [0.4, 0.5) is 13.2 Å². The van der Waals surface area contributed by atoms with E-state index in [2.05, 4.69) is 31.0 Å². The van der Waals surface area contributed by atoms with Crippen molar-refractivity contribution in [3.05, 3.63) is 62.8 Å². The lowest BCUT2D eigenvalue weighted by atomic mass is 10.1. The summed E-state index contributed by atoms with van der Waals surface area (Å²) in [7, 11) is 0. The van der Waals surface area contributed by atoms with Crippen molar-refractivity contribution in [1.29, 1.82) is 0 Å². The van der Waals surface area contributed by atoms with Crippen LogP contribution in [0, 0.1) is 0 Å². The molecule has 2 aromatic rings. The number of hydrogen-bond donors (Lipinski definition) is 1. The highest BCUT2D eigenvalue weighted by Gasteiger charge is 2.27. The van der Waals surface area contributed by atoms with Gasteiger partial charge in [-0.25, -0.2) is 4.98 Å². The molecule has 0 atom stereocenters. The number of hydrogen-bond acceptors (Lipinski definition) is 3. The lowest BCUT2D eigenvalue weighted by molar-refractivity contribution is -0.176. The number of alkyl halides is 3. The van der Waals surface area contributed by atoms with Gasteiger partial charge in [-0.3, -0.25) is 4.79 Å². The Bertz CT molecular complexity index is 739. The van der Waals surface area contributed by atoms with E-state index in [1.54, 1.807) is 30.3 Å². The summed E-state index contributed by atoms with van der Waals surface area (Å²) in [5.41, 5.74) is 1.64. The number of nitrogens with one attached hydrogen (secondary N) is 1. The first kappa shape index (κ1) is 19.7. The average Bonchev–Trinajstić information content (AvgIpc) is 2.55. The Kier molecular flexibility index (Phi) is 6.80. The first-order valence-electron chi connectivity index (χ1n) is 7.06. The van der Waals surface area contributed by atoms with Gasteiger partial charge in [0.05, 0.1) is 12.2 Å². The third-order valence-corrected chi connectivity index (χ3v) is 3.80. The number of pyridine rings is 1. The summed E-state index contributed by atoms with van der Waals surface area (Å²) in [4.78, 5) is 16.0. The molecule has 0 saturated heterocycles. The molecular weight excluding hydrogens is 425 g/mol. The van der Waals surface area contributed by atoms with Crippen molar-refractivity contribution in [2.75, 3.05) is 6.61 Å². The number of aromatic nitrogens is 1. The minimum absolute atomic E-state index is 0.0952. The van der Waals surface area contributed by atoms with Crippen molar-refractivity contribution >= 4 is 33.4 Å². The lowest BCUT2D eigenvalue weighted by Gasteiger charge is -2.09. The van der Waals surface area contributed by atoms with Crippen LogP contribution in [0.1, 0.15) is 21.5 Å². The molecule has 1 heterocycles. The van der Waals surface area contributed by atoms with Gasteiger partial charge in [0.25, 0.3) is 5.91 Å². The van der Waals surface area contributed by atoms with Gasteiger partial charge in [0.15, 0.2) is 0 Å². The quantitative estimate of drug-likeness (QED) is 0.677. The van der Waals surface area contributed by atoms with Crippen LogP contribution < -0.4 is 5.32 Å². The molecule has 9 heteroatoms. The lowest BCUT2D eigenvalue weighted by Crippen LogP contribution is -2.23. The van der Waals surface area contributed by atoms with E-state index in [-0.39, 0.29) is 29.8 Å². The Hall–Kier alpha value is -1.64. The van der Waals surface area contributed by atoms with E-state index in [1.165, 1.54) is 6.20 Å². The van der Waals surface area contributed by atoms with Gasteiger partial charge in [0, 0.05) is 17.2 Å². The van der Waals surface area contributed by atoms with Crippen LogP contribution >= 0.6 is 27.5 Å². The van der Waals surface area contributed by atoms with Gasteiger partial charge < -0.3 is 10.1 Å². The molecule has 4 nitrogen and oxygen atoms in total. The molecule has 0 saturated carbocycles. The van der Waals surface area contributed by atoms with Crippen molar-refractivity contribution in [3.63, 3.8) is 0 Å². The third kappa shape index (κ3) is 6.64. The third-order valence-electron chi connectivity index (χ3n) is 3.06. The van der Waals surface area contributed by atoms with E-state index in [1.807, 2.05) is 0 Å². The van der Waals surface area contributed by atoms with Gasteiger partial charge in [0.1, 0.15) is 11.8 Å². The zero-order chi connectivity index (χ0) is 18.4. The molecular formula is C16H13BrClF3N2O2. The predicted octanol–water partition coefficient (Wildman–Crippen LogP) is 4.51. The van der Waals surface area contributed by atoms with Crippen molar-refractivity contribution in [3.8, 4) is 0 Å². The molecule has 0 radical (unpaired) electrons. The van der Waals surface area contributed by atoms with Crippen molar-refractivity contribution < 1.29 is 22.7 Å². The van der Waals surface area contributed by atoms with Gasteiger partial charge in [-0.2, -0.15) is 13.2 Å². The SMILES string of the molecule is O=C(NCc1ccc(COCC(F)(F)F)cc1)c1cc(Br)cnc1Cl. The number of benzene rings is 1. The van der Waals surface area contributed by atoms with Crippen LogP contribution in [0.25, 0.3) is 0 Å². The van der Waals surface area contributed by atoms with E-state index >= 15 is 0 Å². The number of rotatable bonds is 6. The van der Waals surface area contributed by atoms with Crippen LogP contribution in [-0.2, 0) is 17.9 Å². The second kappa shape index (κ2) is 8.64. The fourth-order valence-electron chi connectivity index (χ4n) is 1.90. The second-order valence-electron chi connectivity index (χ2n) is 5.10. The first-order chi connectivity index (χ1) is 11.7. The molecule has 0 aliphatic heterocycles. The molecule has 1 N–H and O–H groups in total. The first-order valence-corrected chi connectivity index (χ1v) is 8.23. The summed E-state index contributed by atoms with van der Waals surface area (Å²) >= 11 is 9.11. The Morgan fingerprint density at radius 3 is 2.52 bits per heavy atom. The topological polar surface area (TPSA) is 51.2 Å². The maximum Gasteiger partial charge on any atom is 0.411 e. The molecule has 0 spiro atoms. The summed E-state index contributed by atoms with van der Waals surface area (Å²) in [6.07, 6.45) is -2.86. The summed E-state index contributed by atoms with van der Waals surface area (Å²) < 4.78 is 41.2. The number of amides is 1. The molecule has 0 aliphatic rings. The molecule has 0 unspecified atom stereocenters. The highest BCUT2D eigenvalue weighted by molar-refractivity contribution is 9.10. The maximum atomic E-state index is 12.1. The van der Waals surface area contributed by atoms with Gasteiger partial charge >= 0.3 is 6.18 Å². The molecule has 25 heavy (non-hydrogen) atoms. The minimum Gasteiger partial charge on any atom is -0.367 e. The Balaban J connectivity index is 1.87. The zero-order valence-corrected chi connectivity index (χ0v) is 15.1. The standard InChI is InChI=1S/C16H13BrClF3N2O2/c17-12-5-13(14(18)22-7-12)15(24)23-6-10-1-3-11(4-2-10)8-25-9-16(19,20)21/h1-5,7H,6,8-9H2,(H,23,24). The number of halogens is 5. The Labute approximate surface area is 155 Å². The molecule has 134 valence electrons. The molecule has 2 rings (SSSR count). The smallest absolute Gasteiger partial charge is 0.367 e. The predicted molar refractivity (Wildman–Crippen MR) is 90.3 cm³/mol. The van der Waals surface area contributed by atoms with Crippen molar-refractivity contribution in [1.82, 2.24) is 10.3 Å². The number of carbonyl (C=O) groups excluding carboxylic acids is 1. The second-order valence-corrected chi connectivity index (χ2v) is 6.37. The maximum absolute atomic E-state index is 12.1. The monoisotopic (exact) mass is 436 g/mol. The highest BCUT2D eigenvalue weighted by atomic mass is 79.9. The van der Waals surface area contributed by atoms with Crippen LogP contribution in [0.3, 0.4) is 0 Å². The van der Waals surface area contributed by atoms with Crippen LogP contribution in [0.15, 0.2) is 41.0 Å². The molecule has 1 aromatic heterocycles. The van der Waals surface area contributed by atoms with E-state index < -0.39 is 12.8 Å². The van der Waals surface area contributed by atoms with Gasteiger partial charge in [-0.05, 0) is 33.1 Å². The van der Waals surface area contributed by atoms with E-state index in [9.17, 15) is 18.0 Å². The minimum atomic E-state index is -4.34. The molecule has 0 fully saturated rings. The number of carbonyl (C=O) groups is 1. The zero-order valence-electron chi connectivity index (χ0n) is 12.7. The van der Waals surface area contributed by atoms with Gasteiger partial charge in [-0.15, -0.1) is 0 Å². The van der Waals surface area contributed by atoms with E-state index in [0.29, 0.717) is 10.0 Å².